The normalized spacial score (nSPS) is 10.9. The van der Waals surface area contributed by atoms with E-state index in [0.717, 1.165) is 16.0 Å². The molecule has 0 fully saturated rings. The third-order valence-corrected chi connectivity index (χ3v) is 5.34. The minimum Gasteiger partial charge on any atom is -0.462 e. The fraction of sp³-hybridized carbons (Fsp3) is 0.143. The van der Waals surface area contributed by atoms with Crippen LogP contribution in [-0.2, 0) is 11.3 Å². The summed E-state index contributed by atoms with van der Waals surface area (Å²) in [6.07, 6.45) is 0. The summed E-state index contributed by atoms with van der Waals surface area (Å²) in [5.74, 6) is -0.362. The van der Waals surface area contributed by atoms with Gasteiger partial charge in [-0.1, -0.05) is 47.7 Å². The van der Waals surface area contributed by atoms with E-state index in [1.54, 1.807) is 31.2 Å². The molecule has 4 rings (SSSR count). The van der Waals surface area contributed by atoms with Gasteiger partial charge in [-0.25, -0.2) is 9.48 Å². The first kappa shape index (κ1) is 18.1. The standard InChI is InChI=1S/C21H17N3O3S/c1-2-27-21(26)16-10-8-14(9-11-16)13-24-20(25)17-12-18(28-19(17)22-23-24)15-6-4-3-5-7-15/h3-12H,2,13H2,1H3. The number of fused-ring (bicyclic) bond motifs is 1. The maximum atomic E-state index is 12.8. The minimum absolute atomic E-state index is 0.182. The largest absolute Gasteiger partial charge is 0.462 e. The number of rotatable bonds is 5. The molecule has 2 aromatic heterocycles. The van der Waals surface area contributed by atoms with Crippen molar-refractivity contribution in [3.8, 4) is 10.4 Å². The maximum absolute atomic E-state index is 12.8. The Hall–Kier alpha value is -3.32. The van der Waals surface area contributed by atoms with Gasteiger partial charge in [0.25, 0.3) is 5.56 Å². The predicted molar refractivity (Wildman–Crippen MR) is 109 cm³/mol. The van der Waals surface area contributed by atoms with E-state index in [2.05, 4.69) is 10.3 Å². The topological polar surface area (TPSA) is 74.1 Å². The van der Waals surface area contributed by atoms with Gasteiger partial charge in [0.1, 0.15) is 0 Å². The van der Waals surface area contributed by atoms with Crippen molar-refractivity contribution in [2.75, 3.05) is 6.61 Å². The number of carbonyl (C=O) groups is 1. The molecule has 0 atom stereocenters. The van der Waals surface area contributed by atoms with Gasteiger partial charge in [0, 0.05) is 4.88 Å². The minimum atomic E-state index is -0.362. The van der Waals surface area contributed by atoms with Crippen LogP contribution < -0.4 is 5.56 Å². The van der Waals surface area contributed by atoms with Crippen molar-refractivity contribution < 1.29 is 9.53 Å². The van der Waals surface area contributed by atoms with E-state index in [9.17, 15) is 9.59 Å². The summed E-state index contributed by atoms with van der Waals surface area (Å²) in [5, 5.41) is 8.84. The van der Waals surface area contributed by atoms with E-state index in [1.807, 2.05) is 36.4 Å². The van der Waals surface area contributed by atoms with Crippen molar-refractivity contribution in [3.05, 3.63) is 82.1 Å². The highest BCUT2D eigenvalue weighted by Gasteiger charge is 2.12. The summed E-state index contributed by atoms with van der Waals surface area (Å²) in [5.41, 5.74) is 2.19. The predicted octanol–water partition coefficient (Wildman–Crippen LogP) is 3.75. The number of benzene rings is 2. The molecule has 0 saturated heterocycles. The first-order chi connectivity index (χ1) is 13.7. The van der Waals surface area contributed by atoms with Crippen LogP contribution in [0.15, 0.2) is 65.5 Å². The summed E-state index contributed by atoms with van der Waals surface area (Å²) in [6, 6.07) is 18.7. The van der Waals surface area contributed by atoms with Crippen molar-refractivity contribution in [3.63, 3.8) is 0 Å². The van der Waals surface area contributed by atoms with Gasteiger partial charge >= 0.3 is 5.97 Å². The van der Waals surface area contributed by atoms with Crippen LogP contribution in [0.3, 0.4) is 0 Å². The molecule has 0 spiro atoms. The fourth-order valence-corrected chi connectivity index (χ4v) is 3.84. The molecular weight excluding hydrogens is 374 g/mol. The molecule has 0 saturated carbocycles. The van der Waals surface area contributed by atoms with E-state index in [4.69, 9.17) is 4.74 Å². The molecule has 0 radical (unpaired) electrons. The molecule has 0 aliphatic rings. The highest BCUT2D eigenvalue weighted by atomic mass is 32.1. The molecule has 0 unspecified atom stereocenters. The highest BCUT2D eigenvalue weighted by molar-refractivity contribution is 7.21. The van der Waals surface area contributed by atoms with Crippen molar-refractivity contribution >= 4 is 27.5 Å². The van der Waals surface area contributed by atoms with Gasteiger partial charge < -0.3 is 4.74 Å². The van der Waals surface area contributed by atoms with E-state index in [1.165, 1.54) is 16.0 Å². The first-order valence-corrected chi connectivity index (χ1v) is 9.66. The van der Waals surface area contributed by atoms with Crippen LogP contribution in [0.5, 0.6) is 0 Å². The lowest BCUT2D eigenvalue weighted by Crippen LogP contribution is -2.24. The summed E-state index contributed by atoms with van der Waals surface area (Å²) >= 11 is 1.45. The zero-order chi connectivity index (χ0) is 19.5. The van der Waals surface area contributed by atoms with Crippen molar-refractivity contribution in [1.29, 1.82) is 0 Å². The molecule has 2 aromatic carbocycles. The van der Waals surface area contributed by atoms with Crippen molar-refractivity contribution in [2.45, 2.75) is 13.5 Å². The second-order valence-corrected chi connectivity index (χ2v) is 7.20. The van der Waals surface area contributed by atoms with E-state index in [-0.39, 0.29) is 18.1 Å². The lowest BCUT2D eigenvalue weighted by molar-refractivity contribution is 0.0526. The van der Waals surface area contributed by atoms with Crippen LogP contribution in [0.2, 0.25) is 0 Å². The van der Waals surface area contributed by atoms with Crippen LogP contribution in [0, 0.1) is 0 Å². The SMILES string of the molecule is CCOC(=O)c1ccc(Cn2nnc3sc(-c4ccccc4)cc3c2=O)cc1. The smallest absolute Gasteiger partial charge is 0.338 e. The Bertz CT molecular complexity index is 1180. The summed E-state index contributed by atoms with van der Waals surface area (Å²) in [6.45, 7) is 2.37. The number of hydrogen-bond donors (Lipinski definition) is 0. The molecule has 0 amide bonds. The van der Waals surface area contributed by atoms with Gasteiger partial charge in [-0.3, -0.25) is 4.79 Å². The molecule has 6 nitrogen and oxygen atoms in total. The lowest BCUT2D eigenvalue weighted by Gasteiger charge is -2.05. The van der Waals surface area contributed by atoms with E-state index in [0.29, 0.717) is 22.4 Å². The molecule has 0 bridgehead atoms. The number of nitrogens with zero attached hydrogens (tertiary/aromatic N) is 3. The monoisotopic (exact) mass is 391 g/mol. The highest BCUT2D eigenvalue weighted by Crippen LogP contribution is 2.30. The summed E-state index contributed by atoms with van der Waals surface area (Å²) < 4.78 is 6.31. The lowest BCUT2D eigenvalue weighted by atomic mass is 10.1. The molecule has 4 aromatic rings. The second kappa shape index (κ2) is 7.74. The Balaban J connectivity index is 1.62. The number of aromatic nitrogens is 3. The maximum Gasteiger partial charge on any atom is 0.338 e. The summed E-state index contributed by atoms with van der Waals surface area (Å²) in [4.78, 5) is 26.2. The molecule has 2 heterocycles. The Morgan fingerprint density at radius 1 is 1.11 bits per heavy atom. The van der Waals surface area contributed by atoms with Gasteiger partial charge in [-0.2, -0.15) is 0 Å². The zero-order valence-corrected chi connectivity index (χ0v) is 16.0. The van der Waals surface area contributed by atoms with Gasteiger partial charge in [0.2, 0.25) is 0 Å². The van der Waals surface area contributed by atoms with Gasteiger partial charge in [0.05, 0.1) is 24.1 Å². The van der Waals surface area contributed by atoms with Crippen LogP contribution in [0.4, 0.5) is 0 Å². The molecular formula is C21H17N3O3S. The van der Waals surface area contributed by atoms with Gasteiger partial charge in [0.15, 0.2) is 4.83 Å². The molecule has 28 heavy (non-hydrogen) atoms. The third kappa shape index (κ3) is 3.57. The van der Waals surface area contributed by atoms with Crippen molar-refractivity contribution in [2.24, 2.45) is 0 Å². The number of ether oxygens (including phenoxy) is 1. The molecule has 7 heteroatoms. The molecule has 0 aliphatic heterocycles. The number of thiophene rings is 1. The Morgan fingerprint density at radius 3 is 2.57 bits per heavy atom. The fourth-order valence-electron chi connectivity index (χ4n) is 2.86. The summed E-state index contributed by atoms with van der Waals surface area (Å²) in [7, 11) is 0. The number of hydrogen-bond acceptors (Lipinski definition) is 6. The van der Waals surface area contributed by atoms with E-state index >= 15 is 0 Å². The Kier molecular flexibility index (Phi) is 4.99. The van der Waals surface area contributed by atoms with Crippen molar-refractivity contribution in [1.82, 2.24) is 15.0 Å². The Morgan fingerprint density at radius 2 is 1.86 bits per heavy atom. The van der Waals surface area contributed by atoms with Crippen LogP contribution >= 0.6 is 11.3 Å². The second-order valence-electron chi connectivity index (χ2n) is 6.17. The third-order valence-electron chi connectivity index (χ3n) is 4.28. The number of esters is 1. The quantitative estimate of drug-likeness (QED) is 0.485. The first-order valence-electron chi connectivity index (χ1n) is 8.84. The average molecular weight is 391 g/mol. The average Bonchev–Trinajstić information content (AvgIpc) is 3.17. The van der Waals surface area contributed by atoms with Crippen LogP contribution in [0.1, 0.15) is 22.8 Å². The van der Waals surface area contributed by atoms with Gasteiger partial charge in [-0.15, -0.1) is 16.4 Å². The van der Waals surface area contributed by atoms with Gasteiger partial charge in [-0.05, 0) is 36.2 Å². The Labute approximate surface area is 165 Å². The molecule has 0 N–H and O–H groups in total. The number of carbonyl (C=O) groups excluding carboxylic acids is 1. The molecule has 140 valence electrons. The van der Waals surface area contributed by atoms with Crippen LogP contribution in [-0.4, -0.2) is 27.6 Å². The zero-order valence-electron chi connectivity index (χ0n) is 15.2. The van der Waals surface area contributed by atoms with Crippen LogP contribution in [0.25, 0.3) is 20.7 Å². The molecule has 0 aliphatic carbocycles. The van der Waals surface area contributed by atoms with E-state index < -0.39 is 0 Å².